The summed E-state index contributed by atoms with van der Waals surface area (Å²) < 4.78 is 0. The van der Waals surface area contributed by atoms with E-state index in [0.717, 1.165) is 0 Å². The van der Waals surface area contributed by atoms with Gasteiger partial charge in [0, 0.05) is 6.08 Å². The van der Waals surface area contributed by atoms with E-state index in [1.165, 1.54) is 0 Å². The molecule has 0 heteroatoms. The predicted octanol–water partition coefficient (Wildman–Crippen LogP) is 0.825. The van der Waals surface area contributed by atoms with E-state index >= 15 is 0 Å². The van der Waals surface area contributed by atoms with Crippen molar-refractivity contribution in [3.63, 3.8) is 0 Å². The molecule has 1 aliphatic carbocycles. The smallest absolute Gasteiger partial charge is 0.0502 e. The highest BCUT2D eigenvalue weighted by atomic mass is 13.6. The van der Waals surface area contributed by atoms with Gasteiger partial charge in [0.1, 0.15) is 0 Å². The molecular formula is C5H. The van der Waals surface area contributed by atoms with Crippen molar-refractivity contribution in [1.82, 2.24) is 0 Å². The summed E-state index contributed by atoms with van der Waals surface area (Å²) in [6.07, 6.45) is 4.26. The van der Waals surface area contributed by atoms with Crippen molar-refractivity contribution in [2.24, 2.45) is 0 Å². The first kappa shape index (κ1) is 2.33. The maximum absolute atomic E-state index is 2.62. The van der Waals surface area contributed by atoms with Gasteiger partial charge in [0.25, 0.3) is 0 Å². The minimum absolute atomic E-state index is 1.64. The third-order valence-corrected chi connectivity index (χ3v) is 0.351. The topological polar surface area (TPSA) is 0 Å². The summed E-state index contributed by atoms with van der Waals surface area (Å²) >= 11 is 0. The molecule has 0 fully saturated rings. The van der Waals surface area contributed by atoms with Crippen LogP contribution < -0.4 is 0 Å². The predicted molar refractivity (Wildman–Crippen MR) is 18.4 cm³/mol. The fraction of sp³-hybridized carbons (Fsp3) is 0. The zero-order chi connectivity index (χ0) is 3.54. The van der Waals surface area contributed by atoms with Crippen LogP contribution in [0.4, 0.5) is 0 Å². The number of hydrogen-bond donors (Lipinski definition) is 0. The minimum atomic E-state index is 1.64. The molecule has 0 aromatic rings. The molecule has 0 saturated carbocycles. The van der Waals surface area contributed by atoms with Crippen LogP contribution >= 0.6 is 0 Å². The average molecular weight is 61.1 g/mol. The molecule has 1 radical (unpaired) electrons. The zero-order valence-electron chi connectivity index (χ0n) is 2.58. The molecule has 1 aliphatic rings. The SMILES string of the molecule is [C]1=C=C=C=C1. The van der Waals surface area contributed by atoms with Gasteiger partial charge in [-0.25, -0.2) is 0 Å². The molecule has 0 N–H and O–H groups in total. The van der Waals surface area contributed by atoms with Crippen LogP contribution in [-0.4, -0.2) is 0 Å². The molecule has 0 spiro atoms. The van der Waals surface area contributed by atoms with Gasteiger partial charge in [0.05, 0.1) is 6.08 Å². The zero-order valence-corrected chi connectivity index (χ0v) is 2.58. The summed E-state index contributed by atoms with van der Waals surface area (Å²) in [5.74, 6) is 0. The Morgan fingerprint density at radius 1 is 1.20 bits per heavy atom. The van der Waals surface area contributed by atoms with Crippen LogP contribution in [0.2, 0.25) is 0 Å². The summed E-state index contributed by atoms with van der Waals surface area (Å²) in [7, 11) is 0. The van der Waals surface area contributed by atoms with Gasteiger partial charge in [-0.15, -0.1) is 0 Å². The van der Waals surface area contributed by atoms with Crippen molar-refractivity contribution in [2.45, 2.75) is 0 Å². The Morgan fingerprint density at radius 3 is 2.40 bits per heavy atom. The normalized spacial score (nSPS) is 11.2. The van der Waals surface area contributed by atoms with E-state index in [0.29, 0.717) is 0 Å². The molecule has 21 valence electrons. The lowest BCUT2D eigenvalue weighted by Gasteiger charge is -1.36. The van der Waals surface area contributed by atoms with Crippen LogP contribution in [0.1, 0.15) is 0 Å². The summed E-state index contributed by atoms with van der Waals surface area (Å²) in [5, 5.41) is 0. The third kappa shape index (κ3) is 0.216. The van der Waals surface area contributed by atoms with Gasteiger partial charge in [0.2, 0.25) is 0 Å². The molecule has 0 heterocycles. The maximum Gasteiger partial charge on any atom is 0.0502 e. The quantitative estimate of drug-likeness (QED) is 0.364. The van der Waals surface area contributed by atoms with E-state index in [2.05, 4.69) is 23.3 Å². The highest BCUT2D eigenvalue weighted by Crippen LogP contribution is 1.69. The van der Waals surface area contributed by atoms with E-state index in [4.69, 9.17) is 0 Å². The summed E-state index contributed by atoms with van der Waals surface area (Å²) in [5.41, 5.74) is 7.74. The second kappa shape index (κ2) is 0.800. The Balaban J connectivity index is 3.50. The van der Waals surface area contributed by atoms with E-state index in [1.807, 2.05) is 0 Å². The van der Waals surface area contributed by atoms with Crippen LogP contribution in [0.3, 0.4) is 0 Å². The maximum atomic E-state index is 2.62. The second-order valence-electron chi connectivity index (χ2n) is 0.683. The highest BCUT2D eigenvalue weighted by molar-refractivity contribution is 5.00. The van der Waals surface area contributed by atoms with E-state index < -0.39 is 0 Å². The Labute approximate surface area is 30.4 Å². The first-order valence-electron chi connectivity index (χ1n) is 1.33. The Morgan fingerprint density at radius 2 is 2.20 bits per heavy atom. The van der Waals surface area contributed by atoms with Gasteiger partial charge in [-0.3, -0.25) is 0 Å². The van der Waals surface area contributed by atoms with Crippen LogP contribution in [0.5, 0.6) is 0 Å². The van der Waals surface area contributed by atoms with Crippen LogP contribution in [0, 0.1) is 6.08 Å². The largest absolute Gasteiger partial charge is 0.0601 e. The molecule has 0 aliphatic heterocycles. The lowest BCUT2D eigenvalue weighted by atomic mass is 10.6. The van der Waals surface area contributed by atoms with Crippen molar-refractivity contribution in [3.8, 4) is 0 Å². The highest BCUT2D eigenvalue weighted by Gasteiger charge is 1.55. The fourth-order valence-corrected chi connectivity index (χ4v) is 0.180. The lowest BCUT2D eigenvalue weighted by Crippen LogP contribution is -1.24. The number of hydrogen-bond acceptors (Lipinski definition) is 0. The van der Waals surface area contributed by atoms with Crippen molar-refractivity contribution in [3.05, 3.63) is 29.3 Å². The van der Waals surface area contributed by atoms with Gasteiger partial charge in [0.15, 0.2) is 0 Å². The van der Waals surface area contributed by atoms with Gasteiger partial charge in [-0.05, 0) is 5.73 Å². The third-order valence-electron chi connectivity index (χ3n) is 0.351. The molecule has 5 heavy (non-hydrogen) atoms. The summed E-state index contributed by atoms with van der Waals surface area (Å²) in [4.78, 5) is 0. The fourth-order valence-electron chi connectivity index (χ4n) is 0.180. The van der Waals surface area contributed by atoms with Crippen molar-refractivity contribution >= 4 is 0 Å². The van der Waals surface area contributed by atoms with Crippen LogP contribution in [-0.2, 0) is 0 Å². The lowest BCUT2D eigenvalue weighted by molar-refractivity contribution is 2.03. The summed E-state index contributed by atoms with van der Waals surface area (Å²) in [6.45, 7) is 0. The molecule has 0 aromatic heterocycles. The van der Waals surface area contributed by atoms with Crippen molar-refractivity contribution < 1.29 is 0 Å². The van der Waals surface area contributed by atoms with Gasteiger partial charge < -0.3 is 0 Å². The monoisotopic (exact) mass is 61.0 g/mol. The molecule has 0 aromatic carbocycles. The molecule has 0 nitrogen and oxygen atoms in total. The van der Waals surface area contributed by atoms with Crippen molar-refractivity contribution in [1.29, 1.82) is 0 Å². The molecule has 0 unspecified atom stereocenters. The van der Waals surface area contributed by atoms with E-state index in [9.17, 15) is 0 Å². The average Bonchev–Trinajstić information content (AvgIpc) is 1.76. The van der Waals surface area contributed by atoms with Gasteiger partial charge in [-0.2, -0.15) is 0 Å². The van der Waals surface area contributed by atoms with E-state index in [1.54, 1.807) is 6.08 Å². The molecule has 0 saturated heterocycles. The van der Waals surface area contributed by atoms with Gasteiger partial charge in [-0.1, -0.05) is 11.5 Å². The van der Waals surface area contributed by atoms with Crippen molar-refractivity contribution in [2.75, 3.05) is 0 Å². The molecule has 0 amide bonds. The molecule has 0 bridgehead atoms. The number of allylic oxidation sites excluding steroid dienone is 2. The number of rotatable bonds is 0. The Hall–Kier alpha value is -0.920. The minimum Gasteiger partial charge on any atom is -0.0601 e. The van der Waals surface area contributed by atoms with Gasteiger partial charge >= 0.3 is 0 Å². The Kier molecular flexibility index (Phi) is 0.372. The summed E-state index contributed by atoms with van der Waals surface area (Å²) in [6, 6.07) is 0. The molecular weight excluding hydrogens is 60.1 g/mol. The first-order valence-corrected chi connectivity index (χ1v) is 1.33. The second-order valence-corrected chi connectivity index (χ2v) is 0.683. The molecule has 0 atom stereocenters. The standard InChI is InChI=1S/C5H/c1-2-4-5-3-1/h1H. The Bertz CT molecular complexity index is 129. The van der Waals surface area contributed by atoms with Crippen LogP contribution in [0.15, 0.2) is 23.3 Å². The molecule has 1 rings (SSSR count). The van der Waals surface area contributed by atoms with E-state index in [-0.39, 0.29) is 0 Å². The van der Waals surface area contributed by atoms with Crippen LogP contribution in [0.25, 0.3) is 0 Å². The first-order chi connectivity index (χ1) is 2.50.